The standard InChI is InChI=1S/C36H28FN3O6S2/c1-21-4-3-5-23(18-21)19-46-28-16-12-25(13-17-28)31(41)29-30(24-8-10-26(11-9-24)34(44)45-2)40(33(43)32(29)42)35-38-39-36(48-35)47-20-22-6-14-27(37)15-7-22/h3-18,30,41H,19-20H2,1-2H3/b31-29+. The maximum Gasteiger partial charge on any atom is 0.337 e. The van der Waals surface area contributed by atoms with Crippen LogP contribution in [-0.4, -0.2) is 40.1 Å². The molecule has 1 unspecified atom stereocenters. The molecule has 1 atom stereocenters. The third-order valence-electron chi connectivity index (χ3n) is 7.59. The van der Waals surface area contributed by atoms with Crippen molar-refractivity contribution >= 4 is 51.6 Å². The Kier molecular flexibility index (Phi) is 9.65. The van der Waals surface area contributed by atoms with Crippen LogP contribution >= 0.6 is 23.1 Å². The van der Waals surface area contributed by atoms with Gasteiger partial charge in [-0.1, -0.05) is 77.2 Å². The van der Waals surface area contributed by atoms with Crippen LogP contribution in [0.25, 0.3) is 5.76 Å². The summed E-state index contributed by atoms with van der Waals surface area (Å²) in [4.78, 5) is 40.5. The molecule has 1 N–H and O–H groups in total. The number of halogens is 1. The monoisotopic (exact) mass is 681 g/mol. The number of ketones is 1. The fourth-order valence-corrected chi connectivity index (χ4v) is 7.00. The quantitative estimate of drug-likeness (QED) is 0.0405. The number of thioether (sulfide) groups is 1. The predicted octanol–water partition coefficient (Wildman–Crippen LogP) is 7.27. The first-order chi connectivity index (χ1) is 23.2. The smallest absolute Gasteiger partial charge is 0.337 e. The lowest BCUT2D eigenvalue weighted by Gasteiger charge is -2.22. The Hall–Kier alpha value is -5.33. The van der Waals surface area contributed by atoms with Gasteiger partial charge >= 0.3 is 11.9 Å². The maximum absolute atomic E-state index is 13.6. The van der Waals surface area contributed by atoms with Gasteiger partial charge in [-0.3, -0.25) is 14.5 Å². The van der Waals surface area contributed by atoms with Crippen molar-refractivity contribution in [1.82, 2.24) is 10.2 Å². The molecule has 9 nitrogen and oxygen atoms in total. The van der Waals surface area contributed by atoms with Gasteiger partial charge in [0.1, 0.15) is 23.9 Å². The molecule has 242 valence electrons. The summed E-state index contributed by atoms with van der Waals surface area (Å²) in [5.41, 5.74) is 3.89. The van der Waals surface area contributed by atoms with E-state index in [4.69, 9.17) is 9.47 Å². The molecule has 0 spiro atoms. The van der Waals surface area contributed by atoms with E-state index in [0.717, 1.165) is 28.0 Å². The normalized spacial score (nSPS) is 15.5. The predicted molar refractivity (Wildman–Crippen MR) is 180 cm³/mol. The van der Waals surface area contributed by atoms with Crippen LogP contribution < -0.4 is 9.64 Å². The molecular weight excluding hydrogens is 654 g/mol. The number of anilines is 1. The van der Waals surface area contributed by atoms with Crippen LogP contribution in [0.15, 0.2) is 107 Å². The number of benzene rings is 4. The zero-order chi connectivity index (χ0) is 33.8. The van der Waals surface area contributed by atoms with Gasteiger partial charge in [-0.2, -0.15) is 0 Å². The lowest BCUT2D eigenvalue weighted by atomic mass is 9.94. The van der Waals surface area contributed by atoms with Gasteiger partial charge in [0.15, 0.2) is 4.34 Å². The van der Waals surface area contributed by atoms with E-state index in [1.165, 1.54) is 48.0 Å². The zero-order valence-corrected chi connectivity index (χ0v) is 27.4. The number of hydrogen-bond acceptors (Lipinski definition) is 10. The van der Waals surface area contributed by atoms with Gasteiger partial charge in [0.2, 0.25) is 5.13 Å². The SMILES string of the molecule is COC(=O)c1ccc(C2/C(=C(\O)c3ccc(OCc4cccc(C)c4)cc3)C(=O)C(=O)N2c2nnc(SCc3ccc(F)cc3)s2)cc1. The van der Waals surface area contributed by atoms with E-state index in [9.17, 15) is 23.9 Å². The summed E-state index contributed by atoms with van der Waals surface area (Å²) in [6.45, 7) is 2.36. The molecule has 0 radical (unpaired) electrons. The number of aliphatic hydroxyl groups is 1. The van der Waals surface area contributed by atoms with Crippen molar-refractivity contribution in [2.75, 3.05) is 12.0 Å². The minimum Gasteiger partial charge on any atom is -0.507 e. The number of hydrogen-bond donors (Lipinski definition) is 1. The van der Waals surface area contributed by atoms with E-state index in [2.05, 4.69) is 10.2 Å². The van der Waals surface area contributed by atoms with Crippen molar-refractivity contribution in [3.05, 3.63) is 142 Å². The number of aryl methyl sites for hydroxylation is 1. The van der Waals surface area contributed by atoms with Crippen molar-refractivity contribution in [1.29, 1.82) is 0 Å². The average molecular weight is 682 g/mol. The lowest BCUT2D eigenvalue weighted by Crippen LogP contribution is -2.29. The molecule has 1 aliphatic heterocycles. The summed E-state index contributed by atoms with van der Waals surface area (Å²) in [6.07, 6.45) is 0. The molecule has 48 heavy (non-hydrogen) atoms. The van der Waals surface area contributed by atoms with Gasteiger partial charge in [-0.15, -0.1) is 10.2 Å². The molecule has 1 amide bonds. The summed E-state index contributed by atoms with van der Waals surface area (Å²) < 4.78 is 24.6. The second-order valence-corrected chi connectivity index (χ2v) is 13.0. The topological polar surface area (TPSA) is 119 Å². The zero-order valence-electron chi connectivity index (χ0n) is 25.8. The Balaban J connectivity index is 1.31. The van der Waals surface area contributed by atoms with Crippen LogP contribution in [0.5, 0.6) is 5.75 Å². The number of carbonyl (C=O) groups is 3. The summed E-state index contributed by atoms with van der Waals surface area (Å²) >= 11 is 2.46. The highest BCUT2D eigenvalue weighted by Crippen LogP contribution is 2.44. The van der Waals surface area contributed by atoms with E-state index in [1.54, 1.807) is 48.5 Å². The second kappa shape index (κ2) is 14.2. The van der Waals surface area contributed by atoms with E-state index in [0.29, 0.717) is 33.6 Å². The van der Waals surface area contributed by atoms with E-state index in [1.807, 2.05) is 31.2 Å². The van der Waals surface area contributed by atoms with Crippen molar-refractivity contribution in [3.8, 4) is 5.75 Å². The van der Waals surface area contributed by atoms with Crippen LogP contribution in [0.3, 0.4) is 0 Å². The second-order valence-electron chi connectivity index (χ2n) is 10.9. The Bertz CT molecular complexity index is 2010. The summed E-state index contributed by atoms with van der Waals surface area (Å²) in [5.74, 6) is -2.00. The number of rotatable bonds is 10. The number of aliphatic hydroxyl groups excluding tert-OH is 1. The minimum atomic E-state index is -1.07. The number of methoxy groups -OCH3 is 1. The molecule has 0 saturated carbocycles. The van der Waals surface area contributed by atoms with Crippen LogP contribution in [0.4, 0.5) is 9.52 Å². The summed E-state index contributed by atoms with van der Waals surface area (Å²) in [7, 11) is 1.27. The largest absolute Gasteiger partial charge is 0.507 e. The number of aromatic nitrogens is 2. The van der Waals surface area contributed by atoms with Gasteiger partial charge in [-0.05, 0) is 72.1 Å². The van der Waals surface area contributed by atoms with Crippen LogP contribution in [-0.2, 0) is 26.7 Å². The summed E-state index contributed by atoms with van der Waals surface area (Å²) in [5, 5.41) is 20.1. The fourth-order valence-electron chi connectivity index (χ4n) is 5.18. The number of ether oxygens (including phenoxy) is 2. The van der Waals surface area contributed by atoms with Gasteiger partial charge in [-0.25, -0.2) is 9.18 Å². The Morgan fingerprint density at radius 2 is 1.65 bits per heavy atom. The molecule has 0 aliphatic carbocycles. The Labute approximate surface area is 283 Å². The molecule has 1 fully saturated rings. The molecule has 2 heterocycles. The fraction of sp³-hybridized carbons (Fsp3) is 0.139. The van der Waals surface area contributed by atoms with Crippen molar-refractivity contribution in [2.45, 2.75) is 29.7 Å². The molecule has 0 bridgehead atoms. The van der Waals surface area contributed by atoms with E-state index in [-0.39, 0.29) is 27.8 Å². The highest BCUT2D eigenvalue weighted by atomic mass is 32.2. The first-order valence-corrected chi connectivity index (χ1v) is 16.5. The van der Waals surface area contributed by atoms with Crippen LogP contribution in [0.1, 0.15) is 44.2 Å². The lowest BCUT2D eigenvalue weighted by molar-refractivity contribution is -0.132. The van der Waals surface area contributed by atoms with Crippen LogP contribution in [0.2, 0.25) is 0 Å². The first-order valence-electron chi connectivity index (χ1n) is 14.7. The van der Waals surface area contributed by atoms with Gasteiger partial charge in [0, 0.05) is 11.3 Å². The number of Topliss-reactive ketones (excluding diaryl/α,β-unsaturated/α-hetero) is 1. The Morgan fingerprint density at radius 1 is 0.938 bits per heavy atom. The number of carbonyl (C=O) groups excluding carboxylic acids is 3. The van der Waals surface area contributed by atoms with Gasteiger partial charge < -0.3 is 14.6 Å². The third-order valence-corrected chi connectivity index (χ3v) is 9.71. The van der Waals surface area contributed by atoms with E-state index >= 15 is 0 Å². The molecule has 6 rings (SSSR count). The molecule has 5 aromatic rings. The average Bonchev–Trinajstić information content (AvgIpc) is 3.68. The highest BCUT2D eigenvalue weighted by molar-refractivity contribution is 8.00. The van der Waals surface area contributed by atoms with Crippen molar-refractivity contribution in [3.63, 3.8) is 0 Å². The van der Waals surface area contributed by atoms with Gasteiger partial charge in [0.25, 0.3) is 5.78 Å². The first kappa shape index (κ1) is 32.6. The van der Waals surface area contributed by atoms with Crippen molar-refractivity contribution in [2.24, 2.45) is 0 Å². The molecule has 1 saturated heterocycles. The Morgan fingerprint density at radius 3 is 2.33 bits per heavy atom. The molecule has 1 aliphatic rings. The number of amides is 1. The molecular formula is C36H28FN3O6S2. The molecule has 12 heteroatoms. The molecule has 4 aromatic carbocycles. The number of esters is 1. The van der Waals surface area contributed by atoms with E-state index < -0.39 is 23.7 Å². The highest BCUT2D eigenvalue weighted by Gasteiger charge is 2.48. The maximum atomic E-state index is 13.6. The van der Waals surface area contributed by atoms with Gasteiger partial charge in [0.05, 0.1) is 24.3 Å². The third kappa shape index (κ3) is 6.99. The van der Waals surface area contributed by atoms with Crippen LogP contribution in [0, 0.1) is 12.7 Å². The molecule has 1 aromatic heterocycles. The number of nitrogens with zero attached hydrogens (tertiary/aromatic N) is 3. The minimum absolute atomic E-state index is 0.144. The summed E-state index contributed by atoms with van der Waals surface area (Å²) in [6, 6.07) is 25.8. The van der Waals surface area contributed by atoms with Crippen molar-refractivity contribution < 1.29 is 33.4 Å².